The molecule has 1 unspecified atom stereocenters. The van der Waals surface area contributed by atoms with Crippen LogP contribution in [0.3, 0.4) is 0 Å². The third-order valence-corrected chi connectivity index (χ3v) is 3.23. The number of carbonyl (C=O) groups excluding carboxylic acids is 2. The Labute approximate surface area is 131 Å². The van der Waals surface area contributed by atoms with Crippen molar-refractivity contribution < 1.29 is 14.4 Å². The number of Topliss-reactive ketones (excluding diaryl/α,β-unsaturated/α-hetero) is 1. The highest BCUT2D eigenvalue weighted by molar-refractivity contribution is 6.12. The molecule has 0 aromatic carbocycles. The molecule has 1 rings (SSSR count). The van der Waals surface area contributed by atoms with Gasteiger partial charge in [0.25, 0.3) is 5.91 Å². The van der Waals surface area contributed by atoms with Gasteiger partial charge in [-0.2, -0.15) is 0 Å². The quantitative estimate of drug-likeness (QED) is 0.340. The monoisotopic (exact) mass is 302 g/mol. The first-order valence-electron chi connectivity index (χ1n) is 7.16. The summed E-state index contributed by atoms with van der Waals surface area (Å²) in [4.78, 5) is 28.7. The molecule has 0 fully saturated rings. The molecule has 0 saturated heterocycles. The van der Waals surface area contributed by atoms with E-state index in [1.165, 1.54) is 19.2 Å². The lowest BCUT2D eigenvalue weighted by atomic mass is 9.92. The topological polar surface area (TPSA) is 67.8 Å². The van der Waals surface area contributed by atoms with Crippen molar-refractivity contribution in [3.8, 4) is 0 Å². The minimum absolute atomic E-state index is 0.0164. The Morgan fingerprint density at radius 2 is 2.23 bits per heavy atom. The number of carbonyl (C=O) groups is 2. The SMILES string of the molecule is C=C/C=C(\C=N/OCC)C(=O)NC1CC(C(C)=O)=CC=C1C. The Bertz CT molecular complexity index is 568. The molecule has 1 N–H and O–H groups in total. The molecule has 1 aliphatic rings. The molecule has 5 heteroatoms. The van der Waals surface area contributed by atoms with Crippen molar-refractivity contribution in [2.24, 2.45) is 5.16 Å². The maximum Gasteiger partial charge on any atom is 0.253 e. The minimum atomic E-state index is -0.286. The molecule has 0 saturated carbocycles. The first-order chi connectivity index (χ1) is 10.5. The molecule has 118 valence electrons. The smallest absolute Gasteiger partial charge is 0.253 e. The van der Waals surface area contributed by atoms with Crippen molar-refractivity contribution in [3.63, 3.8) is 0 Å². The van der Waals surface area contributed by atoms with Gasteiger partial charge in [0, 0.05) is 6.42 Å². The Balaban J connectivity index is 2.80. The number of nitrogens with zero attached hydrogens (tertiary/aromatic N) is 1. The van der Waals surface area contributed by atoms with E-state index in [0.717, 1.165) is 5.57 Å². The summed E-state index contributed by atoms with van der Waals surface area (Å²) in [5, 5.41) is 6.61. The fraction of sp³-hybridized carbons (Fsp3) is 0.353. The molecule has 0 radical (unpaired) electrons. The van der Waals surface area contributed by atoms with Crippen LogP contribution in [0.15, 0.2) is 52.8 Å². The number of ketones is 1. The van der Waals surface area contributed by atoms with Gasteiger partial charge in [0.15, 0.2) is 5.78 Å². The summed E-state index contributed by atoms with van der Waals surface area (Å²) in [6.07, 6.45) is 8.57. The third kappa shape index (κ3) is 5.16. The average molecular weight is 302 g/mol. The predicted molar refractivity (Wildman–Crippen MR) is 87.5 cm³/mol. The van der Waals surface area contributed by atoms with Gasteiger partial charge in [-0.25, -0.2) is 0 Å². The Hall–Kier alpha value is -2.43. The minimum Gasteiger partial charge on any atom is -0.396 e. The van der Waals surface area contributed by atoms with Crippen molar-refractivity contribution >= 4 is 17.9 Å². The molecule has 0 bridgehead atoms. The van der Waals surface area contributed by atoms with Crippen molar-refractivity contribution in [1.82, 2.24) is 5.32 Å². The van der Waals surface area contributed by atoms with Crippen molar-refractivity contribution in [1.29, 1.82) is 0 Å². The van der Waals surface area contributed by atoms with E-state index in [1.54, 1.807) is 19.1 Å². The van der Waals surface area contributed by atoms with E-state index in [2.05, 4.69) is 17.1 Å². The molecule has 0 aliphatic heterocycles. The second-order valence-corrected chi connectivity index (χ2v) is 4.90. The normalized spacial score (nSPS) is 18.5. The van der Waals surface area contributed by atoms with Crippen LogP contribution in [0.4, 0.5) is 0 Å². The van der Waals surface area contributed by atoms with Crippen LogP contribution in [0.25, 0.3) is 0 Å². The van der Waals surface area contributed by atoms with Crippen LogP contribution >= 0.6 is 0 Å². The predicted octanol–water partition coefficient (Wildman–Crippen LogP) is 2.47. The molecule has 1 amide bonds. The lowest BCUT2D eigenvalue weighted by Crippen LogP contribution is -2.38. The molecule has 0 aromatic rings. The number of allylic oxidation sites excluding steroid dienone is 4. The largest absolute Gasteiger partial charge is 0.396 e. The van der Waals surface area contributed by atoms with Crippen LogP contribution in [0, 0.1) is 0 Å². The molecular weight excluding hydrogens is 280 g/mol. The van der Waals surface area contributed by atoms with Gasteiger partial charge < -0.3 is 10.2 Å². The van der Waals surface area contributed by atoms with E-state index in [1.807, 2.05) is 13.0 Å². The summed E-state index contributed by atoms with van der Waals surface area (Å²) >= 11 is 0. The number of hydrogen-bond donors (Lipinski definition) is 1. The van der Waals surface area contributed by atoms with Crippen LogP contribution in [0.2, 0.25) is 0 Å². The highest BCUT2D eigenvalue weighted by Gasteiger charge is 2.21. The summed E-state index contributed by atoms with van der Waals surface area (Å²) < 4.78 is 0. The highest BCUT2D eigenvalue weighted by atomic mass is 16.6. The van der Waals surface area contributed by atoms with Crippen LogP contribution in [0.5, 0.6) is 0 Å². The molecular formula is C17H22N2O3. The van der Waals surface area contributed by atoms with Crippen LogP contribution in [-0.4, -0.2) is 30.6 Å². The molecule has 22 heavy (non-hydrogen) atoms. The number of rotatable bonds is 7. The highest BCUT2D eigenvalue weighted by Crippen LogP contribution is 2.19. The van der Waals surface area contributed by atoms with Gasteiger partial charge in [-0.05, 0) is 32.4 Å². The van der Waals surface area contributed by atoms with Gasteiger partial charge >= 0.3 is 0 Å². The summed E-state index contributed by atoms with van der Waals surface area (Å²) in [5.74, 6) is -0.270. The standard InChI is InChI=1S/C17H22N2O3/c1-5-7-15(11-18-22-6-2)17(21)19-16-10-14(13(4)20)9-8-12(16)3/h5,7-9,11,16H,1,6,10H2,2-4H3,(H,19,21)/b15-7+,18-11-. The summed E-state index contributed by atoms with van der Waals surface area (Å²) in [7, 11) is 0. The number of oxime groups is 1. The van der Waals surface area contributed by atoms with E-state index >= 15 is 0 Å². The van der Waals surface area contributed by atoms with E-state index in [0.29, 0.717) is 24.2 Å². The number of amides is 1. The van der Waals surface area contributed by atoms with Gasteiger partial charge in [-0.15, -0.1) is 0 Å². The second kappa shape index (κ2) is 8.77. The van der Waals surface area contributed by atoms with Crippen molar-refractivity contribution in [3.05, 3.63) is 47.6 Å². The summed E-state index contributed by atoms with van der Waals surface area (Å²) in [6, 6.07) is -0.204. The molecule has 0 aromatic heterocycles. The van der Waals surface area contributed by atoms with Gasteiger partial charge in [0.1, 0.15) is 6.61 Å². The van der Waals surface area contributed by atoms with Crippen molar-refractivity contribution in [2.45, 2.75) is 33.2 Å². The lowest BCUT2D eigenvalue weighted by molar-refractivity contribution is -0.118. The van der Waals surface area contributed by atoms with Crippen LogP contribution in [-0.2, 0) is 14.4 Å². The number of hydrogen-bond acceptors (Lipinski definition) is 4. The Morgan fingerprint density at radius 1 is 1.50 bits per heavy atom. The summed E-state index contributed by atoms with van der Waals surface area (Å²) in [5.41, 5.74) is 2.04. The van der Waals surface area contributed by atoms with Crippen molar-refractivity contribution in [2.75, 3.05) is 6.61 Å². The average Bonchev–Trinajstić information content (AvgIpc) is 2.48. The Morgan fingerprint density at radius 3 is 2.82 bits per heavy atom. The van der Waals surface area contributed by atoms with E-state index < -0.39 is 0 Å². The first kappa shape index (κ1) is 17.6. The van der Waals surface area contributed by atoms with Crippen LogP contribution in [0.1, 0.15) is 27.2 Å². The van der Waals surface area contributed by atoms with E-state index in [-0.39, 0.29) is 17.7 Å². The van der Waals surface area contributed by atoms with Crippen LogP contribution < -0.4 is 5.32 Å². The molecule has 5 nitrogen and oxygen atoms in total. The van der Waals surface area contributed by atoms with Gasteiger partial charge in [-0.1, -0.05) is 35.5 Å². The zero-order valence-corrected chi connectivity index (χ0v) is 13.3. The molecule has 0 heterocycles. The molecule has 0 spiro atoms. The fourth-order valence-electron chi connectivity index (χ4n) is 1.94. The van der Waals surface area contributed by atoms with Gasteiger partial charge in [0.05, 0.1) is 17.8 Å². The van der Waals surface area contributed by atoms with Gasteiger partial charge in [-0.3, -0.25) is 9.59 Å². The van der Waals surface area contributed by atoms with E-state index in [4.69, 9.17) is 4.84 Å². The van der Waals surface area contributed by atoms with E-state index in [9.17, 15) is 9.59 Å². The molecule has 1 atom stereocenters. The zero-order valence-electron chi connectivity index (χ0n) is 13.3. The summed E-state index contributed by atoms with van der Waals surface area (Å²) in [6.45, 7) is 9.26. The Kier molecular flexibility index (Phi) is 7.02. The zero-order chi connectivity index (χ0) is 16.5. The van der Waals surface area contributed by atoms with Gasteiger partial charge in [0.2, 0.25) is 0 Å². The maximum atomic E-state index is 12.3. The second-order valence-electron chi connectivity index (χ2n) is 4.90. The maximum absolute atomic E-state index is 12.3. The first-order valence-corrected chi connectivity index (χ1v) is 7.16. The third-order valence-electron chi connectivity index (χ3n) is 3.23. The lowest BCUT2D eigenvalue weighted by Gasteiger charge is -2.23. The molecule has 1 aliphatic carbocycles. The fourth-order valence-corrected chi connectivity index (χ4v) is 1.94. The number of nitrogens with one attached hydrogen (secondary N) is 1.